The second kappa shape index (κ2) is 6.49. The van der Waals surface area contributed by atoms with Crippen LogP contribution in [-0.4, -0.2) is 23.2 Å². The molecule has 0 aromatic carbocycles. The number of aliphatic hydroxyl groups is 1. The highest BCUT2D eigenvalue weighted by molar-refractivity contribution is 7.14. The lowest BCUT2D eigenvalue weighted by atomic mass is 9.98. The number of carbonyl (C=O) groups is 1. The third-order valence-electron chi connectivity index (χ3n) is 4.96. The highest BCUT2D eigenvalue weighted by Crippen LogP contribution is 2.32. The van der Waals surface area contributed by atoms with Gasteiger partial charge in [0.15, 0.2) is 0 Å². The van der Waals surface area contributed by atoms with E-state index in [1.54, 1.807) is 11.3 Å². The summed E-state index contributed by atoms with van der Waals surface area (Å²) in [7, 11) is 0. The predicted molar refractivity (Wildman–Crippen MR) is 85.9 cm³/mol. The van der Waals surface area contributed by atoms with Crippen molar-refractivity contribution < 1.29 is 9.90 Å². The van der Waals surface area contributed by atoms with Crippen LogP contribution in [0.5, 0.6) is 0 Å². The van der Waals surface area contributed by atoms with Crippen LogP contribution in [0.1, 0.15) is 71.5 Å². The van der Waals surface area contributed by atoms with Gasteiger partial charge < -0.3 is 10.4 Å². The molecule has 0 aliphatic heterocycles. The van der Waals surface area contributed by atoms with E-state index in [0.717, 1.165) is 43.4 Å². The molecule has 1 heterocycles. The number of hydrogen-bond donors (Lipinski definition) is 2. The van der Waals surface area contributed by atoms with Gasteiger partial charge in [-0.25, -0.2) is 0 Å². The number of aryl methyl sites for hydroxylation is 2. The molecule has 4 heteroatoms. The lowest BCUT2D eigenvalue weighted by Crippen LogP contribution is -2.49. The first-order chi connectivity index (χ1) is 10.2. The van der Waals surface area contributed by atoms with E-state index in [1.807, 2.05) is 0 Å². The molecule has 1 aromatic heterocycles. The Balaban J connectivity index is 1.74. The third-order valence-corrected chi connectivity index (χ3v) is 6.20. The highest BCUT2D eigenvalue weighted by Gasteiger charge is 2.35. The maximum atomic E-state index is 12.5. The topological polar surface area (TPSA) is 49.3 Å². The molecule has 0 unspecified atom stereocenters. The van der Waals surface area contributed by atoms with Crippen molar-refractivity contribution in [2.75, 3.05) is 6.61 Å². The minimum absolute atomic E-state index is 0.0164. The monoisotopic (exact) mass is 307 g/mol. The number of amides is 1. The molecular weight excluding hydrogens is 282 g/mol. The Bertz CT molecular complexity index is 477. The van der Waals surface area contributed by atoms with E-state index in [9.17, 15) is 9.90 Å². The van der Waals surface area contributed by atoms with Crippen LogP contribution in [0.3, 0.4) is 0 Å². The van der Waals surface area contributed by atoms with Crippen LogP contribution in [-0.2, 0) is 12.8 Å². The summed E-state index contributed by atoms with van der Waals surface area (Å²) in [5.41, 5.74) is 1.02. The summed E-state index contributed by atoms with van der Waals surface area (Å²) in [6.07, 6.45) is 11.4. The smallest absolute Gasteiger partial charge is 0.261 e. The number of rotatable bonds is 3. The lowest BCUT2D eigenvalue weighted by molar-refractivity contribution is 0.0842. The molecule has 2 aliphatic carbocycles. The van der Waals surface area contributed by atoms with Crippen molar-refractivity contribution in [2.45, 2.75) is 69.7 Å². The van der Waals surface area contributed by atoms with Crippen molar-refractivity contribution in [3.05, 3.63) is 21.4 Å². The number of carbonyl (C=O) groups excluding carboxylic acids is 1. The number of thiophene rings is 1. The Labute approximate surface area is 130 Å². The largest absolute Gasteiger partial charge is 0.394 e. The standard InChI is InChI=1S/C17H25NO2S/c19-12-17(9-5-6-10-17)18-16(20)15-11-13-7-3-1-2-4-8-14(13)21-15/h11,19H,1-10,12H2,(H,18,20). The normalized spacial score (nSPS) is 21.4. The van der Waals surface area contributed by atoms with Crippen molar-refractivity contribution in [3.63, 3.8) is 0 Å². The van der Waals surface area contributed by atoms with Gasteiger partial charge in [-0.1, -0.05) is 25.7 Å². The SMILES string of the molecule is O=C(NC1(CO)CCCC1)c1cc2c(s1)CCCCCC2. The Morgan fingerprint density at radius 3 is 2.57 bits per heavy atom. The lowest BCUT2D eigenvalue weighted by Gasteiger charge is -2.27. The van der Waals surface area contributed by atoms with E-state index < -0.39 is 0 Å². The number of nitrogens with one attached hydrogen (secondary N) is 1. The first kappa shape index (κ1) is 15.0. The van der Waals surface area contributed by atoms with Gasteiger partial charge >= 0.3 is 0 Å². The predicted octanol–water partition coefficient (Wildman–Crippen LogP) is 3.44. The van der Waals surface area contributed by atoms with E-state index in [4.69, 9.17) is 0 Å². The molecule has 3 nitrogen and oxygen atoms in total. The van der Waals surface area contributed by atoms with Crippen LogP contribution < -0.4 is 5.32 Å². The van der Waals surface area contributed by atoms with Crippen molar-refractivity contribution in [1.29, 1.82) is 0 Å². The molecule has 2 aliphatic rings. The highest BCUT2D eigenvalue weighted by atomic mass is 32.1. The van der Waals surface area contributed by atoms with Crippen LogP contribution in [0.25, 0.3) is 0 Å². The van der Waals surface area contributed by atoms with Gasteiger partial charge in [0.1, 0.15) is 0 Å². The molecule has 1 aromatic rings. The fourth-order valence-electron chi connectivity index (χ4n) is 3.63. The number of fused-ring (bicyclic) bond motifs is 1. The van der Waals surface area contributed by atoms with Gasteiger partial charge in [-0.15, -0.1) is 11.3 Å². The van der Waals surface area contributed by atoms with E-state index in [-0.39, 0.29) is 18.1 Å². The van der Waals surface area contributed by atoms with Gasteiger partial charge in [0.2, 0.25) is 0 Å². The zero-order valence-corrected chi connectivity index (χ0v) is 13.4. The van der Waals surface area contributed by atoms with Gasteiger partial charge in [-0.3, -0.25) is 4.79 Å². The van der Waals surface area contributed by atoms with E-state index in [1.165, 1.54) is 36.1 Å². The summed E-state index contributed by atoms with van der Waals surface area (Å²) in [4.78, 5) is 14.8. The fraction of sp³-hybridized carbons (Fsp3) is 0.706. The number of aliphatic hydroxyl groups excluding tert-OH is 1. The second-order valence-corrected chi connectivity index (χ2v) is 7.71. The molecule has 1 saturated carbocycles. The van der Waals surface area contributed by atoms with Crippen molar-refractivity contribution in [1.82, 2.24) is 5.32 Å². The van der Waals surface area contributed by atoms with E-state index in [2.05, 4.69) is 11.4 Å². The van der Waals surface area contributed by atoms with Crippen LogP contribution in [0.4, 0.5) is 0 Å². The second-order valence-electron chi connectivity index (χ2n) is 6.57. The maximum Gasteiger partial charge on any atom is 0.261 e. The van der Waals surface area contributed by atoms with Crippen molar-refractivity contribution >= 4 is 17.2 Å². The molecule has 0 saturated heterocycles. The number of hydrogen-bond acceptors (Lipinski definition) is 3. The average Bonchev–Trinajstić information content (AvgIpc) is 3.07. The van der Waals surface area contributed by atoms with E-state index >= 15 is 0 Å². The Kier molecular flexibility index (Phi) is 4.65. The molecule has 3 rings (SSSR count). The first-order valence-corrected chi connectivity index (χ1v) is 9.09. The van der Waals surface area contributed by atoms with Gasteiger partial charge in [-0.05, 0) is 50.2 Å². The Hall–Kier alpha value is -0.870. The molecule has 1 amide bonds. The summed E-state index contributed by atoms with van der Waals surface area (Å²) in [5.74, 6) is 0.0164. The van der Waals surface area contributed by atoms with E-state index in [0.29, 0.717) is 0 Å². The van der Waals surface area contributed by atoms with Crippen molar-refractivity contribution in [2.24, 2.45) is 0 Å². The quantitative estimate of drug-likeness (QED) is 0.898. The van der Waals surface area contributed by atoms with Crippen LogP contribution >= 0.6 is 11.3 Å². The van der Waals surface area contributed by atoms with Crippen LogP contribution in [0, 0.1) is 0 Å². The molecule has 116 valence electrons. The van der Waals surface area contributed by atoms with Gasteiger partial charge in [0.05, 0.1) is 17.0 Å². The first-order valence-electron chi connectivity index (χ1n) is 8.27. The van der Waals surface area contributed by atoms with Gasteiger partial charge in [0, 0.05) is 4.88 Å². The minimum Gasteiger partial charge on any atom is -0.394 e. The molecule has 2 N–H and O–H groups in total. The molecule has 1 fully saturated rings. The third kappa shape index (κ3) is 3.32. The van der Waals surface area contributed by atoms with Gasteiger partial charge in [-0.2, -0.15) is 0 Å². The van der Waals surface area contributed by atoms with Crippen molar-refractivity contribution in [3.8, 4) is 0 Å². The summed E-state index contributed by atoms with van der Waals surface area (Å²) < 4.78 is 0. The fourth-order valence-corrected chi connectivity index (χ4v) is 4.78. The minimum atomic E-state index is -0.366. The summed E-state index contributed by atoms with van der Waals surface area (Å²) in [5, 5.41) is 12.8. The Morgan fingerprint density at radius 2 is 1.86 bits per heavy atom. The molecule has 0 radical (unpaired) electrons. The Morgan fingerprint density at radius 1 is 1.14 bits per heavy atom. The zero-order chi connectivity index (χ0) is 14.7. The maximum absolute atomic E-state index is 12.5. The molecule has 0 bridgehead atoms. The van der Waals surface area contributed by atoms with Crippen LogP contribution in [0.2, 0.25) is 0 Å². The molecule has 0 atom stereocenters. The molecule has 0 spiro atoms. The molecular formula is C17H25NO2S. The van der Waals surface area contributed by atoms with Gasteiger partial charge in [0.25, 0.3) is 5.91 Å². The summed E-state index contributed by atoms with van der Waals surface area (Å²) in [6.45, 7) is 0.0594. The molecule has 21 heavy (non-hydrogen) atoms. The summed E-state index contributed by atoms with van der Waals surface area (Å²) in [6, 6.07) is 2.10. The average molecular weight is 307 g/mol. The summed E-state index contributed by atoms with van der Waals surface area (Å²) >= 11 is 1.66. The van der Waals surface area contributed by atoms with Crippen LogP contribution in [0.15, 0.2) is 6.07 Å². The zero-order valence-electron chi connectivity index (χ0n) is 12.6.